The third-order valence-electron chi connectivity index (χ3n) is 1.55. The van der Waals surface area contributed by atoms with Crippen LogP contribution in [-0.2, 0) is 19.1 Å². The monoisotopic (exact) mass is 276 g/mol. The molecule has 1 saturated heterocycles. The number of alkyl halides is 1. The van der Waals surface area contributed by atoms with Gasteiger partial charge in [-0.15, -0.1) is 0 Å². The van der Waals surface area contributed by atoms with Crippen molar-refractivity contribution in [2.45, 2.75) is 37.6 Å². The van der Waals surface area contributed by atoms with Gasteiger partial charge in [-0.05, 0) is 20.8 Å². The largest absolute Gasteiger partial charge is 0.457 e. The fraction of sp³-hybridized carbons (Fsp3) is 0.600. The molecule has 1 aliphatic heterocycles. The van der Waals surface area contributed by atoms with Crippen molar-refractivity contribution in [1.82, 2.24) is 0 Å². The van der Waals surface area contributed by atoms with Crippen molar-refractivity contribution < 1.29 is 19.1 Å². The maximum Gasteiger partial charge on any atom is 0.334 e. The molecule has 1 aliphatic rings. The van der Waals surface area contributed by atoms with Crippen molar-refractivity contribution in [2.75, 3.05) is 0 Å². The number of carbonyl (C=O) groups excluding carboxylic acids is 2. The fourth-order valence-corrected chi connectivity index (χ4v) is 1.54. The third kappa shape index (κ3) is 4.03. The van der Waals surface area contributed by atoms with E-state index in [2.05, 4.69) is 15.9 Å². The van der Waals surface area contributed by atoms with Gasteiger partial charge in [-0.25, -0.2) is 4.79 Å². The van der Waals surface area contributed by atoms with E-state index in [0.29, 0.717) is 5.76 Å². The van der Waals surface area contributed by atoms with Crippen molar-refractivity contribution in [1.29, 1.82) is 0 Å². The number of allylic oxidation sites excluding steroid dienone is 1. The first kappa shape index (κ1) is 12.2. The lowest BCUT2D eigenvalue weighted by Gasteiger charge is -2.18. The Balaban J connectivity index is 2.64. The number of cyclic esters (lactones) is 1. The second kappa shape index (κ2) is 4.35. The van der Waals surface area contributed by atoms with Crippen LogP contribution in [0.4, 0.5) is 0 Å². The summed E-state index contributed by atoms with van der Waals surface area (Å²) in [6.45, 7) is 5.32. The molecule has 0 saturated carbocycles. The highest BCUT2D eigenvalue weighted by Gasteiger charge is 2.29. The predicted octanol–water partition coefficient (Wildman–Crippen LogP) is 1.92. The molecule has 0 N–H and O–H groups in total. The Morgan fingerprint density at radius 2 is 2.20 bits per heavy atom. The highest BCUT2D eigenvalue weighted by atomic mass is 79.9. The van der Waals surface area contributed by atoms with Crippen molar-refractivity contribution in [3.05, 3.63) is 11.8 Å². The zero-order chi connectivity index (χ0) is 11.6. The van der Waals surface area contributed by atoms with Crippen LogP contribution in [0.25, 0.3) is 0 Å². The van der Waals surface area contributed by atoms with E-state index in [1.165, 1.54) is 6.08 Å². The molecule has 0 aliphatic carbocycles. The number of hydrogen-bond donors (Lipinski definition) is 0. The molecule has 0 aromatic carbocycles. The number of halogens is 1. The smallest absolute Gasteiger partial charge is 0.334 e. The highest BCUT2D eigenvalue weighted by molar-refractivity contribution is 9.09. The third-order valence-corrected chi connectivity index (χ3v) is 2.33. The Morgan fingerprint density at radius 1 is 1.60 bits per heavy atom. The van der Waals surface area contributed by atoms with Gasteiger partial charge in [0.15, 0.2) is 0 Å². The zero-order valence-corrected chi connectivity index (χ0v) is 10.5. The Morgan fingerprint density at radius 3 is 2.60 bits per heavy atom. The van der Waals surface area contributed by atoms with Gasteiger partial charge >= 0.3 is 11.9 Å². The van der Waals surface area contributed by atoms with Crippen LogP contribution in [0, 0.1) is 0 Å². The fourth-order valence-electron chi connectivity index (χ4n) is 1.05. The van der Waals surface area contributed by atoms with E-state index in [9.17, 15) is 9.59 Å². The van der Waals surface area contributed by atoms with Gasteiger partial charge in [-0.3, -0.25) is 4.79 Å². The molecule has 1 unspecified atom stereocenters. The summed E-state index contributed by atoms with van der Waals surface area (Å²) in [5, 5.41) is 0. The first-order valence-electron chi connectivity index (χ1n) is 4.57. The molecule has 0 bridgehead atoms. The molecule has 84 valence electrons. The van der Waals surface area contributed by atoms with Gasteiger partial charge in [0.05, 0.1) is 17.3 Å². The second-order valence-corrected chi connectivity index (χ2v) is 5.33. The summed E-state index contributed by atoms with van der Waals surface area (Å²) in [7, 11) is 0. The summed E-state index contributed by atoms with van der Waals surface area (Å²) < 4.78 is 9.89. The lowest BCUT2D eigenvalue weighted by Crippen LogP contribution is -2.23. The van der Waals surface area contributed by atoms with Gasteiger partial charge < -0.3 is 9.47 Å². The molecule has 1 atom stereocenters. The number of hydrogen-bond acceptors (Lipinski definition) is 4. The minimum Gasteiger partial charge on any atom is -0.457 e. The van der Waals surface area contributed by atoms with Crippen LogP contribution in [0.3, 0.4) is 0 Å². The van der Waals surface area contributed by atoms with Gasteiger partial charge in [0.2, 0.25) is 0 Å². The minimum absolute atomic E-state index is 0.225. The molecular formula is C10H13BrO4. The summed E-state index contributed by atoms with van der Waals surface area (Å²) in [6, 6.07) is 0. The van der Waals surface area contributed by atoms with E-state index in [4.69, 9.17) is 9.47 Å². The maximum absolute atomic E-state index is 11.4. The first-order chi connectivity index (χ1) is 6.78. The molecule has 0 radical (unpaired) electrons. The average molecular weight is 277 g/mol. The van der Waals surface area contributed by atoms with Crippen LogP contribution < -0.4 is 0 Å². The molecule has 4 nitrogen and oxygen atoms in total. The van der Waals surface area contributed by atoms with Crippen LogP contribution in [0.5, 0.6) is 0 Å². The molecule has 0 spiro atoms. The lowest BCUT2D eigenvalue weighted by molar-refractivity contribution is -0.148. The summed E-state index contributed by atoms with van der Waals surface area (Å²) in [4.78, 5) is 22.0. The van der Waals surface area contributed by atoms with Gasteiger partial charge in [-0.1, -0.05) is 15.9 Å². The van der Waals surface area contributed by atoms with Crippen LogP contribution in [0.1, 0.15) is 27.2 Å². The predicted molar refractivity (Wildman–Crippen MR) is 57.4 cm³/mol. The Labute approximate surface area is 96.7 Å². The normalized spacial score (nSPS) is 24.1. The maximum atomic E-state index is 11.4. The van der Waals surface area contributed by atoms with Gasteiger partial charge in [-0.2, -0.15) is 0 Å². The standard InChI is InChI=1S/C10H13BrO4/c1-10(2,3)15-9(13)5-7-6(11)4-8(12)14-7/h5-6H,4H2,1-3H3. The summed E-state index contributed by atoms with van der Waals surface area (Å²) in [6.07, 6.45) is 1.45. The van der Waals surface area contributed by atoms with Crippen LogP contribution in [-0.4, -0.2) is 22.4 Å². The molecule has 0 aromatic rings. The topological polar surface area (TPSA) is 52.6 Å². The van der Waals surface area contributed by atoms with E-state index in [1.807, 2.05) is 0 Å². The Bertz CT molecular complexity index is 314. The van der Waals surface area contributed by atoms with E-state index in [0.717, 1.165) is 0 Å². The van der Waals surface area contributed by atoms with E-state index >= 15 is 0 Å². The summed E-state index contributed by atoms with van der Waals surface area (Å²) in [5.74, 6) is -0.530. The van der Waals surface area contributed by atoms with Crippen LogP contribution in [0.2, 0.25) is 0 Å². The molecule has 0 aromatic heterocycles. The van der Waals surface area contributed by atoms with Crippen molar-refractivity contribution in [3.63, 3.8) is 0 Å². The molecule has 1 fully saturated rings. The van der Waals surface area contributed by atoms with Crippen molar-refractivity contribution >= 4 is 27.9 Å². The highest BCUT2D eigenvalue weighted by Crippen LogP contribution is 2.26. The van der Waals surface area contributed by atoms with Crippen molar-refractivity contribution in [3.8, 4) is 0 Å². The molecule has 5 heteroatoms. The SMILES string of the molecule is CC(C)(C)OC(=O)C=C1OC(=O)CC1Br. The molecule has 1 heterocycles. The number of rotatable bonds is 1. The van der Waals surface area contributed by atoms with Crippen LogP contribution >= 0.6 is 15.9 Å². The minimum atomic E-state index is -0.543. The number of ether oxygens (including phenoxy) is 2. The zero-order valence-electron chi connectivity index (χ0n) is 8.87. The number of carbonyl (C=O) groups is 2. The molecule has 0 amide bonds. The quantitative estimate of drug-likeness (QED) is 0.417. The van der Waals surface area contributed by atoms with E-state index < -0.39 is 11.6 Å². The first-order valence-corrected chi connectivity index (χ1v) is 5.49. The van der Waals surface area contributed by atoms with Gasteiger partial charge in [0, 0.05) is 0 Å². The van der Waals surface area contributed by atoms with Gasteiger partial charge in [0.25, 0.3) is 0 Å². The summed E-state index contributed by atoms with van der Waals surface area (Å²) >= 11 is 3.23. The summed E-state index contributed by atoms with van der Waals surface area (Å²) in [5.41, 5.74) is -0.543. The second-order valence-electron chi connectivity index (χ2n) is 4.23. The lowest BCUT2D eigenvalue weighted by atomic mass is 10.2. The Hall–Kier alpha value is -0.840. The molecule has 1 rings (SSSR count). The van der Waals surface area contributed by atoms with E-state index in [1.54, 1.807) is 20.8 Å². The van der Waals surface area contributed by atoms with Crippen molar-refractivity contribution in [2.24, 2.45) is 0 Å². The van der Waals surface area contributed by atoms with Gasteiger partial charge in [0.1, 0.15) is 11.4 Å². The molecular weight excluding hydrogens is 264 g/mol. The average Bonchev–Trinajstić information content (AvgIpc) is 2.25. The van der Waals surface area contributed by atoms with E-state index in [-0.39, 0.29) is 17.2 Å². The molecule has 15 heavy (non-hydrogen) atoms. The Kier molecular flexibility index (Phi) is 3.54. The van der Waals surface area contributed by atoms with Crippen LogP contribution in [0.15, 0.2) is 11.8 Å². The number of esters is 2.